The van der Waals surface area contributed by atoms with Gasteiger partial charge in [0.15, 0.2) is 0 Å². The molecule has 1 unspecified atom stereocenters. The van der Waals surface area contributed by atoms with Gasteiger partial charge in [-0.3, -0.25) is 9.59 Å². The molecular formula is C17H19NO3. The second-order valence-corrected chi connectivity index (χ2v) is 5.43. The standard InChI is InChI=1S/C17H19NO3/c1-11(2)15(17(20)21)10-18-16(19)14-9-5-7-12-6-3-4-8-13(12)14/h3-9,11,15H,10H2,1-2H3,(H,18,19)(H,20,21). The van der Waals surface area contributed by atoms with E-state index >= 15 is 0 Å². The van der Waals surface area contributed by atoms with Gasteiger partial charge in [-0.25, -0.2) is 0 Å². The third-order valence-corrected chi connectivity index (χ3v) is 3.64. The molecule has 0 heterocycles. The Morgan fingerprint density at radius 3 is 2.43 bits per heavy atom. The number of carboxylic acid groups (broad SMARTS) is 1. The Kier molecular flexibility index (Phi) is 4.58. The molecule has 1 atom stereocenters. The van der Waals surface area contributed by atoms with Gasteiger partial charge < -0.3 is 10.4 Å². The van der Waals surface area contributed by atoms with Crippen molar-refractivity contribution in [2.45, 2.75) is 13.8 Å². The molecule has 0 fully saturated rings. The highest BCUT2D eigenvalue weighted by Crippen LogP contribution is 2.18. The van der Waals surface area contributed by atoms with Gasteiger partial charge in [0, 0.05) is 12.1 Å². The first-order chi connectivity index (χ1) is 10.0. The van der Waals surface area contributed by atoms with E-state index < -0.39 is 11.9 Å². The summed E-state index contributed by atoms with van der Waals surface area (Å²) in [5.41, 5.74) is 0.570. The molecule has 0 aliphatic heterocycles. The molecule has 4 heteroatoms. The number of fused-ring (bicyclic) bond motifs is 1. The van der Waals surface area contributed by atoms with Gasteiger partial charge in [0.1, 0.15) is 0 Å². The van der Waals surface area contributed by atoms with E-state index in [0.29, 0.717) is 5.56 Å². The van der Waals surface area contributed by atoms with Gasteiger partial charge in [-0.05, 0) is 22.8 Å². The molecule has 2 aromatic rings. The molecule has 0 aliphatic rings. The molecule has 0 bridgehead atoms. The van der Waals surface area contributed by atoms with Crippen LogP contribution >= 0.6 is 0 Å². The Balaban J connectivity index is 2.18. The van der Waals surface area contributed by atoms with Crippen molar-refractivity contribution < 1.29 is 14.7 Å². The van der Waals surface area contributed by atoms with Crippen LogP contribution in [0.2, 0.25) is 0 Å². The summed E-state index contributed by atoms with van der Waals surface area (Å²) in [6.45, 7) is 3.81. The molecule has 0 saturated heterocycles. The van der Waals surface area contributed by atoms with Crippen molar-refractivity contribution in [3.05, 3.63) is 48.0 Å². The van der Waals surface area contributed by atoms with Crippen LogP contribution in [0.15, 0.2) is 42.5 Å². The van der Waals surface area contributed by atoms with Crippen LogP contribution in [0, 0.1) is 11.8 Å². The molecule has 0 saturated carbocycles. The van der Waals surface area contributed by atoms with Gasteiger partial charge in [-0.2, -0.15) is 0 Å². The van der Waals surface area contributed by atoms with Gasteiger partial charge in [0.05, 0.1) is 5.92 Å². The Labute approximate surface area is 123 Å². The molecular weight excluding hydrogens is 266 g/mol. The summed E-state index contributed by atoms with van der Waals surface area (Å²) < 4.78 is 0. The number of hydrogen-bond acceptors (Lipinski definition) is 2. The molecule has 2 aromatic carbocycles. The Morgan fingerprint density at radius 1 is 1.10 bits per heavy atom. The molecule has 21 heavy (non-hydrogen) atoms. The number of aliphatic carboxylic acids is 1. The number of hydrogen-bond donors (Lipinski definition) is 2. The molecule has 0 spiro atoms. The van der Waals surface area contributed by atoms with Crippen LogP contribution in [0.3, 0.4) is 0 Å². The number of carboxylic acids is 1. The van der Waals surface area contributed by atoms with E-state index in [-0.39, 0.29) is 18.4 Å². The lowest BCUT2D eigenvalue weighted by molar-refractivity contribution is -0.142. The average molecular weight is 285 g/mol. The summed E-state index contributed by atoms with van der Waals surface area (Å²) in [4.78, 5) is 23.5. The Morgan fingerprint density at radius 2 is 1.76 bits per heavy atom. The summed E-state index contributed by atoms with van der Waals surface area (Å²) in [6, 6.07) is 13.2. The van der Waals surface area contributed by atoms with Crippen molar-refractivity contribution in [3.63, 3.8) is 0 Å². The van der Waals surface area contributed by atoms with Gasteiger partial charge in [-0.15, -0.1) is 0 Å². The van der Waals surface area contributed by atoms with E-state index in [9.17, 15) is 9.59 Å². The van der Waals surface area contributed by atoms with Crippen LogP contribution in [0.4, 0.5) is 0 Å². The molecule has 1 amide bonds. The second-order valence-electron chi connectivity index (χ2n) is 5.43. The lowest BCUT2D eigenvalue weighted by atomic mass is 9.96. The van der Waals surface area contributed by atoms with Crippen molar-refractivity contribution >= 4 is 22.6 Å². The average Bonchev–Trinajstić information content (AvgIpc) is 2.46. The summed E-state index contributed by atoms with van der Waals surface area (Å²) in [5, 5.41) is 13.7. The van der Waals surface area contributed by atoms with Gasteiger partial charge >= 0.3 is 5.97 Å². The zero-order valence-electron chi connectivity index (χ0n) is 12.2. The quantitative estimate of drug-likeness (QED) is 0.887. The van der Waals surface area contributed by atoms with Crippen molar-refractivity contribution in [3.8, 4) is 0 Å². The maximum absolute atomic E-state index is 12.3. The molecule has 110 valence electrons. The van der Waals surface area contributed by atoms with E-state index in [1.807, 2.05) is 50.2 Å². The third kappa shape index (κ3) is 3.40. The largest absolute Gasteiger partial charge is 0.481 e. The summed E-state index contributed by atoms with van der Waals surface area (Å²) in [5.74, 6) is -1.74. The first kappa shape index (κ1) is 15.0. The lowest BCUT2D eigenvalue weighted by Gasteiger charge is -2.17. The number of nitrogens with one attached hydrogen (secondary N) is 1. The normalized spacial score (nSPS) is 12.3. The van der Waals surface area contributed by atoms with Gasteiger partial charge in [-0.1, -0.05) is 50.2 Å². The first-order valence-electron chi connectivity index (χ1n) is 6.99. The fourth-order valence-electron chi connectivity index (χ4n) is 2.33. The van der Waals surface area contributed by atoms with E-state index in [1.165, 1.54) is 0 Å². The lowest BCUT2D eigenvalue weighted by Crippen LogP contribution is -2.35. The van der Waals surface area contributed by atoms with E-state index in [4.69, 9.17) is 5.11 Å². The third-order valence-electron chi connectivity index (χ3n) is 3.64. The van der Waals surface area contributed by atoms with E-state index in [1.54, 1.807) is 6.07 Å². The van der Waals surface area contributed by atoms with Crippen molar-refractivity contribution in [1.29, 1.82) is 0 Å². The monoisotopic (exact) mass is 285 g/mol. The van der Waals surface area contributed by atoms with Crippen LogP contribution in [-0.4, -0.2) is 23.5 Å². The second kappa shape index (κ2) is 6.39. The Hall–Kier alpha value is -2.36. The molecule has 0 radical (unpaired) electrons. The minimum atomic E-state index is -0.886. The van der Waals surface area contributed by atoms with Crippen molar-refractivity contribution in [2.24, 2.45) is 11.8 Å². The predicted molar refractivity (Wildman–Crippen MR) is 82.2 cm³/mol. The van der Waals surface area contributed by atoms with Crippen molar-refractivity contribution in [2.75, 3.05) is 6.54 Å². The van der Waals surface area contributed by atoms with Crippen LogP contribution in [0.1, 0.15) is 24.2 Å². The minimum absolute atomic E-state index is 0.0321. The van der Waals surface area contributed by atoms with Gasteiger partial charge in [0.25, 0.3) is 5.91 Å². The first-order valence-corrected chi connectivity index (χ1v) is 6.99. The molecule has 0 aromatic heterocycles. The molecule has 4 nitrogen and oxygen atoms in total. The SMILES string of the molecule is CC(C)C(CNC(=O)c1cccc2ccccc12)C(=O)O. The predicted octanol–water partition coefficient (Wildman–Crippen LogP) is 2.93. The smallest absolute Gasteiger partial charge is 0.308 e. The van der Waals surface area contributed by atoms with Crippen LogP contribution in [0.5, 0.6) is 0 Å². The maximum atomic E-state index is 12.3. The number of amides is 1. The maximum Gasteiger partial charge on any atom is 0.308 e. The zero-order valence-corrected chi connectivity index (χ0v) is 12.2. The van der Waals surface area contributed by atoms with E-state index in [2.05, 4.69) is 5.32 Å². The summed E-state index contributed by atoms with van der Waals surface area (Å²) >= 11 is 0. The van der Waals surface area contributed by atoms with Crippen LogP contribution < -0.4 is 5.32 Å². The van der Waals surface area contributed by atoms with Crippen LogP contribution in [0.25, 0.3) is 10.8 Å². The highest BCUT2D eigenvalue weighted by Gasteiger charge is 2.22. The number of benzene rings is 2. The van der Waals surface area contributed by atoms with Gasteiger partial charge in [0.2, 0.25) is 0 Å². The molecule has 2 N–H and O–H groups in total. The topological polar surface area (TPSA) is 66.4 Å². The van der Waals surface area contributed by atoms with Crippen molar-refractivity contribution in [1.82, 2.24) is 5.32 Å². The Bertz CT molecular complexity index is 659. The number of rotatable bonds is 5. The highest BCUT2D eigenvalue weighted by molar-refractivity contribution is 6.07. The fraction of sp³-hybridized carbons (Fsp3) is 0.294. The molecule has 0 aliphatic carbocycles. The highest BCUT2D eigenvalue weighted by atomic mass is 16.4. The minimum Gasteiger partial charge on any atom is -0.481 e. The summed E-state index contributed by atoms with van der Waals surface area (Å²) in [7, 11) is 0. The molecule has 2 rings (SSSR count). The zero-order chi connectivity index (χ0) is 15.4. The van der Waals surface area contributed by atoms with E-state index in [0.717, 1.165) is 10.8 Å². The van der Waals surface area contributed by atoms with Crippen LogP contribution in [-0.2, 0) is 4.79 Å². The number of carbonyl (C=O) groups excluding carboxylic acids is 1. The fourth-order valence-corrected chi connectivity index (χ4v) is 2.33. The number of carbonyl (C=O) groups is 2. The summed E-state index contributed by atoms with van der Waals surface area (Å²) in [6.07, 6.45) is 0.